The van der Waals surface area contributed by atoms with Crippen LogP contribution >= 0.6 is 0 Å². The molecule has 10 atom stereocenters. The molecular weight excluding hydrogens is 901 g/mol. The Bertz CT molecular complexity index is 1820. The lowest BCUT2D eigenvalue weighted by atomic mass is 9.98. The lowest BCUT2D eigenvalue weighted by Gasteiger charge is -2.34. The quantitative estimate of drug-likeness (QED) is 0.0224. The summed E-state index contributed by atoms with van der Waals surface area (Å²) in [5.41, 5.74) is 16.6. The van der Waals surface area contributed by atoms with Crippen molar-refractivity contribution in [3.8, 4) is 0 Å². The molecule has 392 valence electrons. The van der Waals surface area contributed by atoms with Gasteiger partial charge < -0.3 is 74.2 Å². The average Bonchev–Trinajstić information content (AvgIpc) is 3.96. The topological polar surface area (TPSA) is 383 Å². The van der Waals surface area contributed by atoms with Crippen molar-refractivity contribution in [2.24, 2.45) is 45.9 Å². The molecular formula is C45H80N12O12. The van der Waals surface area contributed by atoms with Gasteiger partial charge in [-0.1, -0.05) is 55.4 Å². The molecule has 2 heterocycles. The monoisotopic (exact) mass is 981 g/mol. The van der Waals surface area contributed by atoms with Gasteiger partial charge in [-0.3, -0.25) is 43.3 Å². The molecule has 0 aromatic rings. The predicted octanol–water partition coefficient (Wildman–Crippen LogP) is -2.88. The van der Waals surface area contributed by atoms with Crippen LogP contribution in [0.25, 0.3) is 0 Å². The van der Waals surface area contributed by atoms with Gasteiger partial charge in [0.2, 0.25) is 47.3 Å². The Balaban J connectivity index is 2.33. The van der Waals surface area contributed by atoms with Crippen molar-refractivity contribution >= 4 is 59.2 Å². The molecule has 0 bridgehead atoms. The third kappa shape index (κ3) is 18.3. The summed E-state index contributed by atoms with van der Waals surface area (Å²) in [6, 6.07) is -10.9. The van der Waals surface area contributed by atoms with Crippen molar-refractivity contribution in [3.05, 3.63) is 0 Å². The summed E-state index contributed by atoms with van der Waals surface area (Å²) in [6.07, 6.45) is 0.487. The summed E-state index contributed by atoms with van der Waals surface area (Å²) in [6.45, 7) is 14.9. The normalized spacial score (nSPS) is 19.4. The number of carboxylic acids is 1. The Hall–Kier alpha value is -5.62. The molecule has 0 aromatic carbocycles. The molecule has 0 aromatic heterocycles. The lowest BCUT2D eigenvalue weighted by Crippen LogP contribution is -2.61. The van der Waals surface area contributed by atoms with Crippen LogP contribution in [0.3, 0.4) is 0 Å². The van der Waals surface area contributed by atoms with E-state index in [1.165, 1.54) is 16.7 Å². The molecule has 8 amide bonds. The van der Waals surface area contributed by atoms with E-state index in [-0.39, 0.29) is 76.0 Å². The van der Waals surface area contributed by atoms with E-state index in [0.717, 1.165) is 0 Å². The molecule has 2 saturated heterocycles. The fraction of sp³-hybridized carbons (Fsp3) is 0.778. The Kier molecular flexibility index (Phi) is 24.3. The number of rotatable bonds is 27. The maximum Gasteiger partial charge on any atom is 0.326 e. The molecule has 2 aliphatic rings. The van der Waals surface area contributed by atoms with Crippen LogP contribution in [0.4, 0.5) is 0 Å². The van der Waals surface area contributed by atoms with Crippen molar-refractivity contribution in [1.82, 2.24) is 41.7 Å². The number of hydrogen-bond donors (Lipinski definition) is 12. The number of nitrogens with two attached hydrogens (primary N) is 3. The van der Waals surface area contributed by atoms with Crippen molar-refractivity contribution in [2.45, 2.75) is 174 Å². The van der Waals surface area contributed by atoms with Gasteiger partial charge in [-0.05, 0) is 82.0 Å². The van der Waals surface area contributed by atoms with Gasteiger partial charge >= 0.3 is 5.97 Å². The van der Waals surface area contributed by atoms with E-state index in [0.29, 0.717) is 12.8 Å². The van der Waals surface area contributed by atoms with Gasteiger partial charge in [0.15, 0.2) is 5.96 Å². The summed E-state index contributed by atoms with van der Waals surface area (Å²) >= 11 is 0. The van der Waals surface area contributed by atoms with Gasteiger partial charge in [0, 0.05) is 19.6 Å². The SMILES string of the molecule is CC(C)C[C@H](NC(=O)[C@H](CCCN=C(N)N)NC(=O)[C@@H](NC(=O)[C@H](CC(C)C)NC(=O)[C@@H]1CCCN1C(=O)[C@@H]1CCCN1C(=O)[C@@H](NC(=O)[C@@H](N)CO)[C@@H](C)O)C(C)C)C(=O)N[C@H](C(=O)O)C(C)C. The van der Waals surface area contributed by atoms with Crippen LogP contribution in [-0.2, 0) is 43.2 Å². The Morgan fingerprint density at radius 2 is 1.10 bits per heavy atom. The lowest BCUT2D eigenvalue weighted by molar-refractivity contribution is -0.149. The van der Waals surface area contributed by atoms with Crippen LogP contribution in [0, 0.1) is 23.7 Å². The zero-order valence-corrected chi connectivity index (χ0v) is 41.7. The van der Waals surface area contributed by atoms with Crippen LogP contribution < -0.4 is 49.1 Å². The van der Waals surface area contributed by atoms with Crippen molar-refractivity contribution in [1.29, 1.82) is 0 Å². The van der Waals surface area contributed by atoms with E-state index >= 15 is 0 Å². The number of nitrogens with zero attached hydrogens (tertiary/aromatic N) is 3. The first-order chi connectivity index (χ1) is 32.2. The molecule has 0 saturated carbocycles. The highest BCUT2D eigenvalue weighted by Crippen LogP contribution is 2.26. The van der Waals surface area contributed by atoms with Crippen LogP contribution in [0.2, 0.25) is 0 Å². The summed E-state index contributed by atoms with van der Waals surface area (Å²) in [5, 5.41) is 45.2. The number of aliphatic hydroxyl groups excluding tert-OH is 2. The maximum atomic E-state index is 14.2. The zero-order valence-electron chi connectivity index (χ0n) is 41.7. The van der Waals surface area contributed by atoms with Gasteiger partial charge in [0.05, 0.1) is 12.7 Å². The second-order valence-electron chi connectivity index (χ2n) is 19.6. The van der Waals surface area contributed by atoms with E-state index in [1.807, 2.05) is 27.7 Å². The summed E-state index contributed by atoms with van der Waals surface area (Å²) in [5.74, 6) is -8.36. The second kappa shape index (κ2) is 28.1. The molecule has 2 aliphatic heterocycles. The van der Waals surface area contributed by atoms with Gasteiger partial charge in [-0.2, -0.15) is 0 Å². The maximum absolute atomic E-state index is 14.2. The van der Waals surface area contributed by atoms with Gasteiger partial charge in [-0.25, -0.2) is 4.79 Å². The number of aliphatic hydroxyl groups is 2. The largest absolute Gasteiger partial charge is 0.480 e. The number of aliphatic imine (C=N–C) groups is 1. The molecule has 2 rings (SSSR count). The van der Waals surface area contributed by atoms with Crippen molar-refractivity contribution < 1.29 is 58.5 Å². The fourth-order valence-corrected chi connectivity index (χ4v) is 8.23. The number of hydrogen-bond acceptors (Lipinski definition) is 13. The predicted molar refractivity (Wildman–Crippen MR) is 254 cm³/mol. The highest BCUT2D eigenvalue weighted by molar-refractivity contribution is 5.98. The molecule has 69 heavy (non-hydrogen) atoms. The van der Waals surface area contributed by atoms with Crippen LogP contribution in [0.1, 0.15) is 114 Å². The standard InChI is InChI=1S/C45H80N12O12/c1-22(2)19-29(39(63)54-34(25(7)8)44(68)69)51-37(61)28(13-10-16-49-45(47)48)50-41(65)33(24(5)6)53-38(62)30(20-23(3)4)52-40(64)31-14-11-17-56(31)42(66)32-15-12-18-57(32)43(67)35(26(9)59)55-36(60)27(46)21-58/h22-35,58-59H,10-21,46H2,1-9H3,(H,50,65)(H,51,61)(H,52,64)(H,53,62)(H,54,63)(H,55,60)(H,68,69)(H4,47,48,49)/t26-,27+,28+,29+,30+,31+,32+,33+,34+,35+/m1/s1. The number of likely N-dealkylation sites (tertiary alicyclic amines) is 2. The van der Waals surface area contributed by atoms with Crippen molar-refractivity contribution in [2.75, 3.05) is 26.2 Å². The first-order valence-corrected chi connectivity index (χ1v) is 24.0. The first kappa shape index (κ1) is 59.5. The summed E-state index contributed by atoms with van der Waals surface area (Å²) < 4.78 is 0. The van der Waals surface area contributed by atoms with Gasteiger partial charge in [0.25, 0.3) is 0 Å². The molecule has 0 spiro atoms. The van der Waals surface area contributed by atoms with E-state index in [1.54, 1.807) is 27.7 Å². The van der Waals surface area contributed by atoms with Crippen molar-refractivity contribution in [3.63, 3.8) is 0 Å². The summed E-state index contributed by atoms with van der Waals surface area (Å²) in [4.78, 5) is 128. The zero-order chi connectivity index (χ0) is 52.4. The van der Waals surface area contributed by atoms with Crippen LogP contribution in [-0.4, -0.2) is 171 Å². The number of guanidine groups is 1. The number of carboxylic acid groups (broad SMARTS) is 1. The number of amides is 8. The summed E-state index contributed by atoms with van der Waals surface area (Å²) in [7, 11) is 0. The number of carbonyl (C=O) groups is 9. The minimum atomic E-state index is -1.46. The first-order valence-electron chi connectivity index (χ1n) is 24.0. The second-order valence-corrected chi connectivity index (χ2v) is 19.6. The molecule has 2 fully saturated rings. The molecule has 24 heteroatoms. The van der Waals surface area contributed by atoms with E-state index < -0.39 is 132 Å². The van der Waals surface area contributed by atoms with E-state index in [2.05, 4.69) is 36.9 Å². The molecule has 15 N–H and O–H groups in total. The molecule has 0 radical (unpaired) electrons. The van der Waals surface area contributed by atoms with Gasteiger partial charge in [-0.15, -0.1) is 0 Å². The van der Waals surface area contributed by atoms with Gasteiger partial charge in [0.1, 0.15) is 54.4 Å². The Morgan fingerprint density at radius 1 is 0.623 bits per heavy atom. The highest BCUT2D eigenvalue weighted by atomic mass is 16.4. The minimum absolute atomic E-state index is 0.000663. The smallest absolute Gasteiger partial charge is 0.326 e. The third-order valence-corrected chi connectivity index (χ3v) is 12.0. The number of carbonyl (C=O) groups excluding carboxylic acids is 8. The Labute approximate surface area is 404 Å². The number of nitrogens with one attached hydrogen (secondary N) is 6. The van der Waals surface area contributed by atoms with Crippen LogP contribution in [0.5, 0.6) is 0 Å². The fourth-order valence-electron chi connectivity index (χ4n) is 8.23. The molecule has 24 nitrogen and oxygen atoms in total. The van der Waals surface area contributed by atoms with E-state index in [9.17, 15) is 58.5 Å². The van der Waals surface area contributed by atoms with Crippen LogP contribution in [0.15, 0.2) is 4.99 Å². The Morgan fingerprint density at radius 3 is 1.59 bits per heavy atom. The highest BCUT2D eigenvalue weighted by Gasteiger charge is 2.45. The minimum Gasteiger partial charge on any atom is -0.480 e. The van der Waals surface area contributed by atoms with E-state index in [4.69, 9.17) is 17.2 Å². The average molecular weight is 981 g/mol. The molecule has 0 aliphatic carbocycles. The third-order valence-electron chi connectivity index (χ3n) is 12.0. The molecule has 0 unspecified atom stereocenters. The number of aliphatic carboxylic acids is 1.